The third-order valence-electron chi connectivity index (χ3n) is 6.30. The maximum atomic E-state index is 14.0. The number of halogens is 3. The van der Waals surface area contributed by atoms with E-state index in [4.69, 9.17) is 0 Å². The molecule has 7 nitrogen and oxygen atoms in total. The van der Waals surface area contributed by atoms with E-state index in [9.17, 15) is 21.6 Å². The zero-order chi connectivity index (χ0) is 21.3. The van der Waals surface area contributed by atoms with Crippen LogP contribution in [0.25, 0.3) is 22.1 Å². The topological polar surface area (TPSA) is 92.7 Å². The average Bonchev–Trinajstić information content (AvgIpc) is 3.13. The molecule has 3 heterocycles. The highest BCUT2D eigenvalue weighted by atomic mass is 32.2. The van der Waals surface area contributed by atoms with Gasteiger partial charge in [-0.3, -0.25) is 0 Å². The van der Waals surface area contributed by atoms with Gasteiger partial charge in [0.05, 0.1) is 17.0 Å². The smallest absolute Gasteiger partial charge is 0.346 e. The second-order valence-corrected chi connectivity index (χ2v) is 10.3. The van der Waals surface area contributed by atoms with Crippen molar-refractivity contribution in [3.8, 4) is 0 Å². The first kappa shape index (κ1) is 19.8. The van der Waals surface area contributed by atoms with Gasteiger partial charge in [-0.15, -0.1) is 0 Å². The summed E-state index contributed by atoms with van der Waals surface area (Å²) < 4.78 is 70.7. The monoisotopic (exact) mass is 441 g/mol. The molecular formula is C19H22F3N5O2S. The lowest BCUT2D eigenvalue weighted by Gasteiger charge is -2.23. The number of alkyl halides is 3. The summed E-state index contributed by atoms with van der Waals surface area (Å²) >= 11 is 0. The fourth-order valence-electron chi connectivity index (χ4n) is 4.78. The van der Waals surface area contributed by atoms with Crippen LogP contribution in [0.2, 0.25) is 0 Å². The van der Waals surface area contributed by atoms with Crippen molar-refractivity contribution in [2.45, 2.75) is 62.5 Å². The zero-order valence-corrected chi connectivity index (χ0v) is 17.1. The van der Waals surface area contributed by atoms with Crippen molar-refractivity contribution in [2.75, 3.05) is 0 Å². The van der Waals surface area contributed by atoms with Crippen LogP contribution in [0.3, 0.4) is 0 Å². The molecular weight excluding hydrogens is 419 g/mol. The van der Waals surface area contributed by atoms with Gasteiger partial charge in [0.2, 0.25) is 15.8 Å². The Bertz CT molecular complexity index is 1210. The first-order valence-electron chi connectivity index (χ1n) is 10.1. The number of rotatable bonds is 5. The molecule has 2 aliphatic carbocycles. The molecule has 0 saturated heterocycles. The van der Waals surface area contributed by atoms with Crippen molar-refractivity contribution in [1.82, 2.24) is 24.2 Å². The van der Waals surface area contributed by atoms with E-state index in [1.165, 1.54) is 10.8 Å². The summed E-state index contributed by atoms with van der Waals surface area (Å²) in [6.45, 7) is 1.93. The summed E-state index contributed by atoms with van der Waals surface area (Å²) in [4.78, 5) is 11.0. The van der Waals surface area contributed by atoms with Crippen molar-refractivity contribution in [2.24, 2.45) is 5.92 Å². The molecule has 3 aromatic heterocycles. The number of nitrogens with zero attached hydrogens (tertiary/aromatic N) is 3. The number of aromatic nitrogens is 4. The number of pyridine rings is 1. The fraction of sp³-hybridized carbons (Fsp3) is 0.579. The molecule has 30 heavy (non-hydrogen) atoms. The molecule has 5 rings (SSSR count). The molecule has 0 aliphatic heterocycles. The normalized spacial score (nSPS) is 25.5. The Labute approximate surface area is 171 Å². The Hall–Kier alpha value is -2.14. The highest BCUT2D eigenvalue weighted by Crippen LogP contribution is 2.45. The first-order chi connectivity index (χ1) is 14.2. The SMILES string of the molecule is CC[C@@H]1C[C@H](NS(=O)(=O)C2CC2)C[C@@H]1n1c(C(F)(F)F)nc2cnc3[nH]ccc3c21. The predicted octanol–water partition coefficient (Wildman–Crippen LogP) is 3.74. The van der Waals surface area contributed by atoms with Crippen LogP contribution in [0, 0.1) is 5.92 Å². The van der Waals surface area contributed by atoms with Crippen LogP contribution in [0.5, 0.6) is 0 Å². The molecule has 2 N–H and O–H groups in total. The van der Waals surface area contributed by atoms with E-state index in [-0.39, 0.29) is 22.7 Å². The summed E-state index contributed by atoms with van der Waals surface area (Å²) in [7, 11) is -3.41. The largest absolute Gasteiger partial charge is 0.449 e. The molecule has 162 valence electrons. The number of hydrogen-bond donors (Lipinski definition) is 2. The fourth-order valence-corrected chi connectivity index (χ4v) is 6.38. The van der Waals surface area contributed by atoms with Gasteiger partial charge >= 0.3 is 6.18 Å². The van der Waals surface area contributed by atoms with E-state index in [0.29, 0.717) is 48.7 Å². The Morgan fingerprint density at radius 3 is 2.73 bits per heavy atom. The van der Waals surface area contributed by atoms with Crippen molar-refractivity contribution >= 4 is 32.1 Å². The summed E-state index contributed by atoms with van der Waals surface area (Å²) in [5.74, 6) is -1.06. The summed E-state index contributed by atoms with van der Waals surface area (Å²) in [5, 5.41) is 0.217. The van der Waals surface area contributed by atoms with E-state index in [0.717, 1.165) is 0 Å². The van der Waals surface area contributed by atoms with E-state index in [1.807, 2.05) is 6.92 Å². The summed E-state index contributed by atoms with van der Waals surface area (Å²) in [6.07, 6.45) is 1.09. The molecule has 11 heteroatoms. The molecule has 2 saturated carbocycles. The molecule has 0 radical (unpaired) electrons. The second kappa shape index (κ2) is 6.68. The Balaban J connectivity index is 1.62. The molecule has 0 spiro atoms. The van der Waals surface area contributed by atoms with E-state index >= 15 is 0 Å². The maximum absolute atomic E-state index is 14.0. The van der Waals surface area contributed by atoms with Crippen LogP contribution < -0.4 is 4.72 Å². The number of hydrogen-bond acceptors (Lipinski definition) is 4. The Morgan fingerprint density at radius 2 is 2.07 bits per heavy atom. The maximum Gasteiger partial charge on any atom is 0.449 e. The van der Waals surface area contributed by atoms with Gasteiger partial charge in [-0.25, -0.2) is 23.1 Å². The van der Waals surface area contributed by atoms with Crippen LogP contribution in [0.4, 0.5) is 13.2 Å². The molecule has 0 aromatic carbocycles. The van der Waals surface area contributed by atoms with Crippen LogP contribution >= 0.6 is 0 Å². The van der Waals surface area contributed by atoms with Crippen LogP contribution in [-0.4, -0.2) is 39.2 Å². The van der Waals surface area contributed by atoms with Crippen LogP contribution in [0.1, 0.15) is 50.9 Å². The van der Waals surface area contributed by atoms with Gasteiger partial charge in [0.25, 0.3) is 0 Å². The van der Waals surface area contributed by atoms with Gasteiger partial charge in [0, 0.05) is 23.7 Å². The number of sulfonamides is 1. The number of nitrogens with one attached hydrogen (secondary N) is 2. The van der Waals surface area contributed by atoms with E-state index in [1.54, 1.807) is 12.3 Å². The minimum Gasteiger partial charge on any atom is -0.346 e. The molecule has 0 amide bonds. The van der Waals surface area contributed by atoms with Crippen LogP contribution in [-0.2, 0) is 16.2 Å². The predicted molar refractivity (Wildman–Crippen MR) is 105 cm³/mol. The summed E-state index contributed by atoms with van der Waals surface area (Å²) in [6, 6.07) is 0.809. The van der Waals surface area contributed by atoms with E-state index in [2.05, 4.69) is 19.7 Å². The molecule has 3 atom stereocenters. The number of H-pyrrole nitrogens is 1. The third-order valence-corrected chi connectivity index (χ3v) is 8.31. The van der Waals surface area contributed by atoms with Crippen LogP contribution in [0.15, 0.2) is 18.5 Å². The van der Waals surface area contributed by atoms with Gasteiger partial charge < -0.3 is 9.55 Å². The lowest BCUT2D eigenvalue weighted by atomic mass is 10.00. The van der Waals surface area contributed by atoms with Gasteiger partial charge in [-0.1, -0.05) is 13.3 Å². The average molecular weight is 441 g/mol. The molecule has 3 aromatic rings. The third kappa shape index (κ3) is 3.18. The zero-order valence-electron chi connectivity index (χ0n) is 16.3. The number of imidazole rings is 1. The quantitative estimate of drug-likeness (QED) is 0.631. The minimum atomic E-state index is -4.63. The van der Waals surface area contributed by atoms with Crippen molar-refractivity contribution in [3.63, 3.8) is 0 Å². The van der Waals surface area contributed by atoms with E-state index < -0.39 is 28.1 Å². The summed E-state index contributed by atoms with van der Waals surface area (Å²) in [5.41, 5.74) is 1.07. The molecule has 2 aliphatic rings. The second-order valence-electron chi connectivity index (χ2n) is 8.30. The van der Waals surface area contributed by atoms with Crippen molar-refractivity contribution in [3.05, 3.63) is 24.3 Å². The number of fused-ring (bicyclic) bond motifs is 3. The Morgan fingerprint density at radius 1 is 1.30 bits per heavy atom. The lowest BCUT2D eigenvalue weighted by Crippen LogP contribution is -2.35. The minimum absolute atomic E-state index is 0.0995. The standard InChI is InChI=1S/C19H22F3N5O2S/c1-2-10-7-11(26-30(28,29)12-3-4-12)8-15(10)27-16-13-5-6-23-17(13)24-9-14(16)25-18(27)19(20,21)22/h5-6,9-12,15,26H,2-4,7-8H2,1H3,(H,23,24)/t10-,11+,15+/m1/s1. The van der Waals surface area contributed by atoms with Gasteiger partial charge in [-0.2, -0.15) is 13.2 Å². The first-order valence-corrected chi connectivity index (χ1v) is 11.7. The van der Waals surface area contributed by atoms with Gasteiger partial charge in [-0.05, 0) is 37.7 Å². The molecule has 0 unspecified atom stereocenters. The molecule has 2 fully saturated rings. The highest BCUT2D eigenvalue weighted by molar-refractivity contribution is 7.90. The Kier molecular flexibility index (Phi) is 4.41. The van der Waals surface area contributed by atoms with Crippen molar-refractivity contribution < 1.29 is 21.6 Å². The molecule has 0 bridgehead atoms. The van der Waals surface area contributed by atoms with Gasteiger partial charge in [0.1, 0.15) is 11.2 Å². The number of aromatic amines is 1. The van der Waals surface area contributed by atoms with Gasteiger partial charge in [0.15, 0.2) is 0 Å². The lowest BCUT2D eigenvalue weighted by molar-refractivity contribution is -0.147. The highest BCUT2D eigenvalue weighted by Gasteiger charge is 2.45. The van der Waals surface area contributed by atoms with Crippen molar-refractivity contribution in [1.29, 1.82) is 0 Å².